The Morgan fingerprint density at radius 3 is 2.57 bits per heavy atom. The molecule has 0 aliphatic heterocycles. The van der Waals surface area contributed by atoms with E-state index in [1.165, 1.54) is 44.0 Å². The highest BCUT2D eigenvalue weighted by molar-refractivity contribution is 6.39. The molecule has 0 aliphatic carbocycles. The highest BCUT2D eigenvalue weighted by Crippen LogP contribution is 2.32. The van der Waals surface area contributed by atoms with Gasteiger partial charge in [-0.2, -0.15) is 0 Å². The zero-order valence-corrected chi connectivity index (χ0v) is 19.2. The van der Waals surface area contributed by atoms with Crippen LogP contribution >= 0.6 is 0 Å². The van der Waals surface area contributed by atoms with E-state index in [1.807, 2.05) is 0 Å². The van der Waals surface area contributed by atoms with Crippen LogP contribution in [0.4, 0.5) is 11.4 Å². The van der Waals surface area contributed by atoms with E-state index < -0.39 is 28.2 Å². The number of nitrogens with one attached hydrogen (secondary N) is 3. The van der Waals surface area contributed by atoms with Crippen LogP contribution in [-0.4, -0.2) is 46.8 Å². The van der Waals surface area contributed by atoms with Crippen molar-refractivity contribution in [3.8, 4) is 17.1 Å². The van der Waals surface area contributed by atoms with Crippen LogP contribution in [0.3, 0.4) is 0 Å². The van der Waals surface area contributed by atoms with Crippen LogP contribution in [0.2, 0.25) is 0 Å². The first-order valence-corrected chi connectivity index (χ1v) is 10.3. The number of hydrogen-bond acceptors (Lipinski definition) is 8. The van der Waals surface area contributed by atoms with Crippen LogP contribution in [0.1, 0.15) is 24.2 Å². The molecule has 182 valence electrons. The number of amides is 3. The van der Waals surface area contributed by atoms with Crippen molar-refractivity contribution in [2.75, 3.05) is 19.0 Å². The van der Waals surface area contributed by atoms with E-state index in [9.17, 15) is 24.5 Å². The lowest BCUT2D eigenvalue weighted by Gasteiger charge is -2.26. The first-order valence-electron chi connectivity index (χ1n) is 10.3. The molecule has 0 aliphatic rings. The Kier molecular flexibility index (Phi) is 7.44. The van der Waals surface area contributed by atoms with Gasteiger partial charge in [-0.3, -0.25) is 24.5 Å². The third-order valence-corrected chi connectivity index (χ3v) is 4.83. The molecule has 1 aromatic heterocycles. The number of ether oxygens (including phenoxy) is 1. The second-order valence-electron chi connectivity index (χ2n) is 8.06. The Hall–Kier alpha value is -4.74. The molecular formula is C23H23N5O7. The van der Waals surface area contributed by atoms with E-state index in [-0.39, 0.29) is 17.8 Å². The number of anilines is 1. The maximum absolute atomic E-state index is 12.4. The number of nitrogens with zero attached hydrogens (tertiary/aromatic N) is 2. The summed E-state index contributed by atoms with van der Waals surface area (Å²) in [5, 5.41) is 18.5. The summed E-state index contributed by atoms with van der Waals surface area (Å²) >= 11 is 0. The second-order valence-corrected chi connectivity index (χ2v) is 8.06. The molecule has 3 aromatic rings. The van der Waals surface area contributed by atoms with Gasteiger partial charge < -0.3 is 25.1 Å². The average Bonchev–Trinajstić information content (AvgIpc) is 3.37. The van der Waals surface area contributed by atoms with Gasteiger partial charge in [-0.25, -0.2) is 4.98 Å². The average molecular weight is 481 g/mol. The van der Waals surface area contributed by atoms with Crippen molar-refractivity contribution in [3.05, 3.63) is 70.7 Å². The van der Waals surface area contributed by atoms with Crippen LogP contribution in [0, 0.1) is 10.1 Å². The molecule has 3 amide bonds. The van der Waals surface area contributed by atoms with Gasteiger partial charge in [0.1, 0.15) is 5.75 Å². The van der Waals surface area contributed by atoms with Crippen LogP contribution in [0.25, 0.3) is 11.3 Å². The van der Waals surface area contributed by atoms with Crippen LogP contribution in [0.5, 0.6) is 5.75 Å². The smallest absolute Gasteiger partial charge is 0.313 e. The lowest BCUT2D eigenvalue weighted by Crippen LogP contribution is -2.54. The second kappa shape index (κ2) is 10.5. The monoisotopic (exact) mass is 481 g/mol. The zero-order valence-electron chi connectivity index (χ0n) is 19.2. The van der Waals surface area contributed by atoms with Gasteiger partial charge in [0, 0.05) is 36.0 Å². The van der Waals surface area contributed by atoms with Crippen molar-refractivity contribution >= 4 is 29.1 Å². The summed E-state index contributed by atoms with van der Waals surface area (Å²) < 4.78 is 10.6. The molecule has 0 saturated carbocycles. The highest BCUT2D eigenvalue weighted by Gasteiger charge is 2.26. The summed E-state index contributed by atoms with van der Waals surface area (Å²) in [5.41, 5.74) is -0.178. The maximum atomic E-state index is 12.4. The standard InChI is InChI=1S/C23H23N5O7/c1-23(2,12-25-20(29)14-5-4-6-16(9-14)28(32)33)27-22(31)21(30)26-15-7-8-17(18(10-15)34-3)19-11-24-13-35-19/h4-11,13H,12H2,1-3H3,(H,25,29)(H,26,30)(H,27,31). The number of hydrogen-bond donors (Lipinski definition) is 3. The summed E-state index contributed by atoms with van der Waals surface area (Å²) in [6, 6.07) is 10.0. The van der Waals surface area contributed by atoms with Crippen molar-refractivity contribution in [1.29, 1.82) is 0 Å². The molecule has 12 nitrogen and oxygen atoms in total. The third kappa shape index (κ3) is 6.41. The van der Waals surface area contributed by atoms with Crippen molar-refractivity contribution in [2.45, 2.75) is 19.4 Å². The number of non-ortho nitro benzene ring substituents is 1. The minimum atomic E-state index is -1.00. The minimum Gasteiger partial charge on any atom is -0.496 e. The number of carbonyl (C=O) groups excluding carboxylic acids is 3. The van der Waals surface area contributed by atoms with Crippen molar-refractivity contribution in [3.63, 3.8) is 0 Å². The number of nitro groups is 1. The van der Waals surface area contributed by atoms with E-state index in [2.05, 4.69) is 20.9 Å². The normalized spacial score (nSPS) is 10.8. The molecule has 0 saturated heterocycles. The van der Waals surface area contributed by atoms with Gasteiger partial charge in [-0.15, -0.1) is 0 Å². The topological polar surface area (TPSA) is 166 Å². The van der Waals surface area contributed by atoms with Gasteiger partial charge in [-0.05, 0) is 32.0 Å². The molecule has 0 atom stereocenters. The Bertz CT molecular complexity index is 1250. The molecule has 0 bridgehead atoms. The van der Waals surface area contributed by atoms with Gasteiger partial charge >= 0.3 is 11.8 Å². The first-order chi connectivity index (χ1) is 16.6. The number of carbonyl (C=O) groups is 3. The van der Waals surface area contributed by atoms with Gasteiger partial charge in [-0.1, -0.05) is 6.07 Å². The predicted octanol–water partition coefficient (Wildman–Crippen LogP) is 2.52. The minimum absolute atomic E-state index is 0.0345. The molecule has 1 heterocycles. The van der Waals surface area contributed by atoms with Gasteiger partial charge in [0.15, 0.2) is 12.2 Å². The summed E-state index contributed by atoms with van der Waals surface area (Å²) in [6.07, 6.45) is 2.80. The highest BCUT2D eigenvalue weighted by atomic mass is 16.6. The van der Waals surface area contributed by atoms with Crippen molar-refractivity contribution in [1.82, 2.24) is 15.6 Å². The fourth-order valence-corrected chi connectivity index (χ4v) is 3.08. The fourth-order valence-electron chi connectivity index (χ4n) is 3.08. The molecule has 35 heavy (non-hydrogen) atoms. The first kappa shape index (κ1) is 24.9. The SMILES string of the molecule is COc1cc(NC(=O)C(=O)NC(C)(C)CNC(=O)c2cccc([N+](=O)[O-])c2)ccc1-c1cnco1. The predicted molar refractivity (Wildman–Crippen MR) is 125 cm³/mol. The summed E-state index contributed by atoms with van der Waals surface area (Å²) in [7, 11) is 1.46. The van der Waals surface area contributed by atoms with E-state index in [4.69, 9.17) is 9.15 Å². The van der Waals surface area contributed by atoms with Gasteiger partial charge in [0.25, 0.3) is 11.6 Å². The Balaban J connectivity index is 1.58. The van der Waals surface area contributed by atoms with Crippen molar-refractivity contribution in [2.24, 2.45) is 0 Å². The van der Waals surface area contributed by atoms with Crippen LogP contribution < -0.4 is 20.7 Å². The molecule has 0 radical (unpaired) electrons. The quantitative estimate of drug-likeness (QED) is 0.251. The molecule has 3 N–H and O–H groups in total. The Labute approximate surface area is 199 Å². The molecule has 2 aromatic carbocycles. The number of oxazole rings is 1. The molecule has 0 unspecified atom stereocenters. The number of rotatable bonds is 8. The van der Waals surface area contributed by atoms with Crippen LogP contribution in [0.15, 0.2) is 59.5 Å². The fraction of sp³-hybridized carbons (Fsp3) is 0.217. The number of nitro benzene ring substituents is 1. The van der Waals surface area contributed by atoms with Gasteiger partial charge in [0.2, 0.25) is 0 Å². The molecular weight excluding hydrogens is 458 g/mol. The zero-order chi connectivity index (χ0) is 25.6. The lowest BCUT2D eigenvalue weighted by atomic mass is 10.1. The van der Waals surface area contributed by atoms with E-state index in [0.29, 0.717) is 22.8 Å². The van der Waals surface area contributed by atoms with E-state index >= 15 is 0 Å². The summed E-state index contributed by atoms with van der Waals surface area (Å²) in [6.45, 7) is 3.19. The number of aromatic nitrogens is 1. The number of benzene rings is 2. The Morgan fingerprint density at radius 1 is 1.14 bits per heavy atom. The van der Waals surface area contributed by atoms with E-state index in [1.54, 1.807) is 26.0 Å². The molecule has 0 spiro atoms. The van der Waals surface area contributed by atoms with Crippen LogP contribution in [-0.2, 0) is 9.59 Å². The summed E-state index contributed by atoms with van der Waals surface area (Å²) in [5.74, 6) is -1.51. The molecule has 12 heteroatoms. The van der Waals surface area contributed by atoms with E-state index in [0.717, 1.165) is 6.07 Å². The van der Waals surface area contributed by atoms with Gasteiger partial charge in [0.05, 0.1) is 29.3 Å². The lowest BCUT2D eigenvalue weighted by molar-refractivity contribution is -0.384. The largest absolute Gasteiger partial charge is 0.496 e. The Morgan fingerprint density at radius 2 is 1.91 bits per heavy atom. The molecule has 3 rings (SSSR count). The van der Waals surface area contributed by atoms with Crippen molar-refractivity contribution < 1.29 is 28.5 Å². The number of methoxy groups -OCH3 is 1. The maximum Gasteiger partial charge on any atom is 0.313 e. The summed E-state index contributed by atoms with van der Waals surface area (Å²) in [4.78, 5) is 51.4. The molecule has 0 fully saturated rings. The third-order valence-electron chi connectivity index (χ3n) is 4.83.